The van der Waals surface area contributed by atoms with Crippen LogP contribution in [0.3, 0.4) is 0 Å². The van der Waals surface area contributed by atoms with Crippen LogP contribution in [0.25, 0.3) is 0 Å². The molecule has 0 unspecified atom stereocenters. The van der Waals surface area contributed by atoms with Crippen molar-refractivity contribution in [2.24, 2.45) is 0 Å². The Morgan fingerprint density at radius 2 is 0.355 bits per heavy atom. The molecule has 0 nitrogen and oxygen atoms in total. The van der Waals surface area contributed by atoms with Gasteiger partial charge in [-0.25, -0.2) is 0 Å². The van der Waals surface area contributed by atoms with Crippen molar-refractivity contribution in [1.82, 2.24) is 0 Å². The van der Waals surface area contributed by atoms with E-state index in [1.807, 2.05) is 0 Å². The van der Waals surface area contributed by atoms with E-state index in [0.717, 1.165) is 0 Å². The Labute approximate surface area is 371 Å². The predicted octanol–water partition coefficient (Wildman–Crippen LogP) is 13.5. The summed E-state index contributed by atoms with van der Waals surface area (Å²) in [5, 5.41) is 8.39. The Hall–Kier alpha value is -4.36. The van der Waals surface area contributed by atoms with Gasteiger partial charge in [0.15, 0.2) is 0 Å². The summed E-state index contributed by atoms with van der Waals surface area (Å²) in [4.78, 5) is 0. The summed E-state index contributed by atoms with van der Waals surface area (Å²) in [6, 6.07) is 64.7. The Kier molecular flexibility index (Phi) is 27.5. The van der Waals surface area contributed by atoms with E-state index in [1.165, 1.54) is 57.5 Å². The van der Waals surface area contributed by atoms with E-state index in [4.69, 9.17) is 0 Å². The maximum atomic E-state index is 9.75. The van der Waals surface area contributed by atoms with Gasteiger partial charge in [0.05, 0.1) is 0 Å². The van der Waals surface area contributed by atoms with Crippen LogP contribution in [0.5, 0.6) is 0 Å². The van der Waals surface area contributed by atoms with Gasteiger partial charge >= 0.3 is 41.2 Å². The van der Waals surface area contributed by atoms with Crippen molar-refractivity contribution in [3.05, 3.63) is 206 Å². The summed E-state index contributed by atoms with van der Waals surface area (Å²) in [6.45, 7) is 0. The van der Waals surface area contributed by atoms with Crippen LogP contribution in [0.4, 0.5) is 51.8 Å². The first-order valence-corrected chi connectivity index (χ1v) is 21.4. The molecule has 0 atom stereocenters. The summed E-state index contributed by atoms with van der Waals surface area (Å²) in [5.41, 5.74) is 0. The Morgan fingerprint density at radius 1 is 0.242 bits per heavy atom. The number of hydrogen-bond donors (Lipinski definition) is 0. The van der Waals surface area contributed by atoms with Crippen LogP contribution in [0.1, 0.15) is 25.7 Å². The van der Waals surface area contributed by atoms with Crippen LogP contribution in [0.15, 0.2) is 206 Å². The van der Waals surface area contributed by atoms with Gasteiger partial charge in [0.25, 0.3) is 0 Å². The summed E-state index contributed by atoms with van der Waals surface area (Å²) in [7, 11) is -18.9. The van der Waals surface area contributed by atoms with Crippen molar-refractivity contribution < 1.29 is 71.3 Å². The number of allylic oxidation sites excluding steroid dienone is 4. The van der Waals surface area contributed by atoms with E-state index in [-0.39, 0.29) is 19.5 Å². The molecular formula is C44H42B3F12P2Rh. The molecule has 6 aromatic rings. The SMILES string of the molecule is C1=CCC/C=C\CC1.F[B-](F)(F)F.F[B-](F)(F)F.F[B-](F)(F)F.[Rh+3].c1ccc(P(c2ccccc2)c2ccccc2)cc1.c1ccc(P(c2ccccc2)c2ccccc2)cc1. The maximum Gasteiger partial charge on any atom is 3.00 e. The third kappa shape index (κ3) is 29.0. The predicted molar refractivity (Wildman–Crippen MR) is 238 cm³/mol. The minimum atomic E-state index is -6.00. The minimum Gasteiger partial charge on any atom is -0.418 e. The van der Waals surface area contributed by atoms with Crippen molar-refractivity contribution >= 4 is 69.4 Å². The fourth-order valence-electron chi connectivity index (χ4n) is 5.21. The smallest absolute Gasteiger partial charge is 0.418 e. The molecule has 0 N–H and O–H groups in total. The van der Waals surface area contributed by atoms with Crippen molar-refractivity contribution in [1.29, 1.82) is 0 Å². The molecular weight excluding hydrogens is 954 g/mol. The van der Waals surface area contributed by atoms with E-state index in [9.17, 15) is 51.8 Å². The fraction of sp³-hybridized carbons (Fsp3) is 0.0909. The molecule has 0 spiro atoms. The minimum absolute atomic E-state index is 0. The van der Waals surface area contributed by atoms with Crippen molar-refractivity contribution in [3.8, 4) is 0 Å². The van der Waals surface area contributed by atoms with Gasteiger partial charge in [-0.05, 0) is 73.4 Å². The first-order valence-electron chi connectivity index (χ1n) is 18.7. The molecule has 7 rings (SSSR count). The summed E-state index contributed by atoms with van der Waals surface area (Å²) in [5.74, 6) is 0. The van der Waals surface area contributed by atoms with Gasteiger partial charge in [-0.15, -0.1) is 0 Å². The zero-order valence-electron chi connectivity index (χ0n) is 33.0. The van der Waals surface area contributed by atoms with Crippen LogP contribution in [0, 0.1) is 0 Å². The standard InChI is InChI=1S/2C18H15P.C8H12.3BF4.Rh/c2*1-4-10-16(11-5-1)19(17-12-6-2-7-13-17)18-14-8-3-9-15-18;1-2-4-6-8-7-5-3-1;3*2-1(3,4)5;/h2*1-15H;1-2,7-8H,3-6H2;;;;/q;;;3*-1;+3/b;;2-1-,8-7?;;;;. The molecule has 0 saturated carbocycles. The molecule has 18 heteroatoms. The van der Waals surface area contributed by atoms with E-state index in [0.29, 0.717) is 0 Å². The van der Waals surface area contributed by atoms with Gasteiger partial charge in [-0.2, -0.15) is 0 Å². The number of halogens is 12. The second-order valence-corrected chi connectivity index (χ2v) is 16.7. The number of hydrogen-bond acceptors (Lipinski definition) is 0. The average Bonchev–Trinajstić information content (AvgIpc) is 3.19. The van der Waals surface area contributed by atoms with E-state index >= 15 is 0 Å². The van der Waals surface area contributed by atoms with Gasteiger partial charge < -0.3 is 51.8 Å². The molecule has 0 heterocycles. The normalized spacial score (nSPS) is 12.5. The molecule has 62 heavy (non-hydrogen) atoms. The quantitative estimate of drug-likeness (QED) is 0.0675. The first kappa shape index (κ1) is 55.7. The van der Waals surface area contributed by atoms with Gasteiger partial charge in [-0.3, -0.25) is 0 Å². The Morgan fingerprint density at radius 3 is 0.468 bits per heavy atom. The molecule has 0 aliphatic heterocycles. The molecule has 1 aliphatic rings. The molecule has 330 valence electrons. The first-order chi connectivity index (χ1) is 28.9. The number of benzene rings is 6. The molecule has 6 aromatic carbocycles. The largest absolute Gasteiger partial charge is 3.00 e. The van der Waals surface area contributed by atoms with Crippen molar-refractivity contribution in [3.63, 3.8) is 0 Å². The summed E-state index contributed by atoms with van der Waals surface area (Å²) in [6.07, 6.45) is 14.0. The van der Waals surface area contributed by atoms with Crippen LogP contribution in [0.2, 0.25) is 0 Å². The van der Waals surface area contributed by atoms with Gasteiger partial charge in [0, 0.05) is 0 Å². The van der Waals surface area contributed by atoms with Crippen LogP contribution >= 0.6 is 15.8 Å². The molecule has 0 fully saturated rings. The van der Waals surface area contributed by atoms with E-state index < -0.39 is 37.6 Å². The van der Waals surface area contributed by atoms with Gasteiger partial charge in [-0.1, -0.05) is 206 Å². The monoisotopic (exact) mass is 996 g/mol. The topological polar surface area (TPSA) is 0 Å². The molecule has 1 aliphatic carbocycles. The van der Waals surface area contributed by atoms with Gasteiger partial charge in [0.1, 0.15) is 0 Å². The van der Waals surface area contributed by atoms with E-state index in [1.54, 1.807) is 0 Å². The Balaban J connectivity index is 0.000000414. The molecule has 0 saturated heterocycles. The second kappa shape index (κ2) is 30.6. The molecule has 0 amide bonds. The zero-order chi connectivity index (χ0) is 45.0. The van der Waals surface area contributed by atoms with Gasteiger partial charge in [0.2, 0.25) is 0 Å². The fourth-order valence-corrected chi connectivity index (χ4v) is 9.82. The van der Waals surface area contributed by atoms with Crippen LogP contribution in [-0.4, -0.2) is 21.8 Å². The Bertz CT molecular complexity index is 1670. The van der Waals surface area contributed by atoms with Crippen molar-refractivity contribution in [2.45, 2.75) is 25.7 Å². The van der Waals surface area contributed by atoms with Crippen molar-refractivity contribution in [2.75, 3.05) is 0 Å². The second-order valence-electron chi connectivity index (χ2n) is 12.3. The molecule has 0 radical (unpaired) electrons. The molecule has 0 bridgehead atoms. The van der Waals surface area contributed by atoms with Crippen LogP contribution < -0.4 is 31.8 Å². The average molecular weight is 996 g/mol. The third-order valence-electron chi connectivity index (χ3n) is 7.42. The molecule has 0 aromatic heterocycles. The van der Waals surface area contributed by atoms with E-state index in [2.05, 4.69) is 206 Å². The summed E-state index contributed by atoms with van der Waals surface area (Å²) < 4.78 is 117. The maximum absolute atomic E-state index is 9.75. The van der Waals surface area contributed by atoms with Crippen LogP contribution in [-0.2, 0) is 19.5 Å². The number of rotatable bonds is 6. The summed E-state index contributed by atoms with van der Waals surface area (Å²) >= 11 is 0. The third-order valence-corrected chi connectivity index (χ3v) is 12.3. The zero-order valence-corrected chi connectivity index (χ0v) is 36.4.